The molecule has 1 rings (SSSR count). The number of nitrogens with zero attached hydrogens (tertiary/aromatic N) is 1. The van der Waals surface area contributed by atoms with Crippen LogP contribution in [0.2, 0.25) is 0 Å². The SMILES string of the molecule is Cc1ccc(C#N)c(NCCC(C)S(C)=O)c1. The summed E-state index contributed by atoms with van der Waals surface area (Å²) in [5, 5.41) is 12.4. The Morgan fingerprint density at radius 2 is 2.24 bits per heavy atom. The molecule has 0 fully saturated rings. The third-order valence-electron chi connectivity index (χ3n) is 2.73. The maximum Gasteiger partial charge on any atom is 0.101 e. The van der Waals surface area contributed by atoms with Crippen LogP contribution in [0.25, 0.3) is 0 Å². The van der Waals surface area contributed by atoms with Crippen molar-refractivity contribution in [3.63, 3.8) is 0 Å². The van der Waals surface area contributed by atoms with Crippen LogP contribution in [0.4, 0.5) is 5.69 Å². The van der Waals surface area contributed by atoms with Crippen LogP contribution in [-0.2, 0) is 10.8 Å². The minimum absolute atomic E-state index is 0.179. The molecule has 0 aliphatic rings. The fourth-order valence-electron chi connectivity index (χ4n) is 1.48. The van der Waals surface area contributed by atoms with Gasteiger partial charge in [0.05, 0.1) is 11.3 Å². The second-order valence-electron chi connectivity index (χ2n) is 4.19. The van der Waals surface area contributed by atoms with Gasteiger partial charge in [-0.3, -0.25) is 4.21 Å². The summed E-state index contributed by atoms with van der Waals surface area (Å²) in [5.74, 6) is 0. The Morgan fingerprint density at radius 1 is 1.53 bits per heavy atom. The van der Waals surface area contributed by atoms with E-state index >= 15 is 0 Å². The Morgan fingerprint density at radius 3 is 2.82 bits per heavy atom. The van der Waals surface area contributed by atoms with E-state index in [1.807, 2.05) is 32.0 Å². The Hall–Kier alpha value is -1.34. The first-order chi connectivity index (χ1) is 8.04. The Kier molecular flexibility index (Phi) is 5.17. The second kappa shape index (κ2) is 6.41. The number of hydrogen-bond donors (Lipinski definition) is 1. The third-order valence-corrected chi connectivity index (χ3v) is 4.10. The van der Waals surface area contributed by atoms with E-state index in [4.69, 9.17) is 5.26 Å². The fourth-order valence-corrected chi connectivity index (χ4v) is 1.93. The van der Waals surface area contributed by atoms with Gasteiger partial charge in [-0.05, 0) is 31.0 Å². The molecule has 0 saturated carbocycles. The van der Waals surface area contributed by atoms with Gasteiger partial charge in [0.2, 0.25) is 0 Å². The summed E-state index contributed by atoms with van der Waals surface area (Å²) < 4.78 is 11.2. The van der Waals surface area contributed by atoms with Crippen LogP contribution >= 0.6 is 0 Å². The summed E-state index contributed by atoms with van der Waals surface area (Å²) in [7, 11) is -0.785. The Bertz CT molecular complexity index is 451. The van der Waals surface area contributed by atoms with Gasteiger partial charge in [0.15, 0.2) is 0 Å². The highest BCUT2D eigenvalue weighted by Crippen LogP contribution is 2.16. The highest BCUT2D eigenvalue weighted by Gasteiger charge is 2.06. The number of anilines is 1. The van der Waals surface area contributed by atoms with E-state index in [2.05, 4.69) is 11.4 Å². The quantitative estimate of drug-likeness (QED) is 0.873. The lowest BCUT2D eigenvalue weighted by atomic mass is 10.1. The molecule has 0 radical (unpaired) electrons. The van der Waals surface area contributed by atoms with Crippen molar-refractivity contribution in [2.45, 2.75) is 25.5 Å². The molecule has 4 heteroatoms. The minimum Gasteiger partial charge on any atom is -0.384 e. The zero-order valence-corrected chi connectivity index (χ0v) is 11.3. The van der Waals surface area contributed by atoms with Crippen molar-refractivity contribution in [2.24, 2.45) is 0 Å². The highest BCUT2D eigenvalue weighted by molar-refractivity contribution is 7.84. The Labute approximate surface area is 105 Å². The van der Waals surface area contributed by atoms with E-state index in [-0.39, 0.29) is 5.25 Å². The second-order valence-corrected chi connectivity index (χ2v) is 5.99. The van der Waals surface area contributed by atoms with Crippen molar-refractivity contribution >= 4 is 16.5 Å². The average Bonchev–Trinajstić information content (AvgIpc) is 2.29. The van der Waals surface area contributed by atoms with Gasteiger partial charge in [-0.15, -0.1) is 0 Å². The largest absolute Gasteiger partial charge is 0.384 e. The summed E-state index contributed by atoms with van der Waals surface area (Å²) in [5.41, 5.74) is 2.64. The maximum absolute atomic E-state index is 11.2. The molecule has 2 unspecified atom stereocenters. The van der Waals surface area contributed by atoms with E-state index in [1.54, 1.807) is 6.26 Å². The third kappa shape index (κ3) is 4.20. The number of benzene rings is 1. The van der Waals surface area contributed by atoms with Gasteiger partial charge in [-0.25, -0.2) is 0 Å². The van der Waals surface area contributed by atoms with E-state index in [9.17, 15) is 4.21 Å². The van der Waals surface area contributed by atoms with Crippen LogP contribution in [0.1, 0.15) is 24.5 Å². The van der Waals surface area contributed by atoms with Crippen molar-refractivity contribution in [3.8, 4) is 6.07 Å². The zero-order chi connectivity index (χ0) is 12.8. The van der Waals surface area contributed by atoms with Gasteiger partial charge in [0.1, 0.15) is 6.07 Å². The van der Waals surface area contributed by atoms with Crippen molar-refractivity contribution in [1.29, 1.82) is 5.26 Å². The molecule has 0 amide bonds. The van der Waals surface area contributed by atoms with Gasteiger partial charge in [0.25, 0.3) is 0 Å². The fraction of sp³-hybridized carbons (Fsp3) is 0.462. The molecule has 0 bridgehead atoms. The van der Waals surface area contributed by atoms with Crippen molar-refractivity contribution < 1.29 is 4.21 Å². The molecule has 0 heterocycles. The topological polar surface area (TPSA) is 52.9 Å². The molecule has 1 aromatic carbocycles. The first kappa shape index (κ1) is 13.7. The lowest BCUT2D eigenvalue weighted by Crippen LogP contribution is -2.15. The first-order valence-corrected chi connectivity index (χ1v) is 7.23. The molecule has 1 N–H and O–H groups in total. The summed E-state index contributed by atoms with van der Waals surface area (Å²) in [4.78, 5) is 0. The molecule has 1 aromatic rings. The molecule has 2 atom stereocenters. The van der Waals surface area contributed by atoms with Crippen LogP contribution < -0.4 is 5.32 Å². The molecular formula is C13H18N2OS. The number of rotatable bonds is 5. The molecular weight excluding hydrogens is 232 g/mol. The van der Waals surface area contributed by atoms with Gasteiger partial charge < -0.3 is 5.32 Å². The molecule has 0 aliphatic carbocycles. The van der Waals surface area contributed by atoms with Gasteiger partial charge in [-0.2, -0.15) is 5.26 Å². The van der Waals surface area contributed by atoms with E-state index in [1.165, 1.54) is 0 Å². The van der Waals surface area contributed by atoms with Gasteiger partial charge >= 0.3 is 0 Å². The van der Waals surface area contributed by atoms with E-state index in [0.29, 0.717) is 5.56 Å². The molecule has 17 heavy (non-hydrogen) atoms. The average molecular weight is 250 g/mol. The summed E-state index contributed by atoms with van der Waals surface area (Å²) in [6.07, 6.45) is 2.56. The molecule has 0 aliphatic heterocycles. The number of aryl methyl sites for hydroxylation is 1. The van der Waals surface area contributed by atoms with Gasteiger partial charge in [-0.1, -0.05) is 13.0 Å². The first-order valence-electron chi connectivity index (χ1n) is 5.61. The van der Waals surface area contributed by atoms with Crippen LogP contribution in [0.5, 0.6) is 0 Å². The normalized spacial score (nSPS) is 13.8. The zero-order valence-electron chi connectivity index (χ0n) is 10.5. The van der Waals surface area contributed by atoms with Crippen molar-refractivity contribution in [1.82, 2.24) is 0 Å². The van der Waals surface area contributed by atoms with E-state index < -0.39 is 10.8 Å². The lowest BCUT2D eigenvalue weighted by Gasteiger charge is -2.11. The summed E-state index contributed by atoms with van der Waals surface area (Å²) >= 11 is 0. The summed E-state index contributed by atoms with van der Waals surface area (Å²) in [6.45, 7) is 4.70. The lowest BCUT2D eigenvalue weighted by molar-refractivity contribution is 0.672. The van der Waals surface area contributed by atoms with Crippen molar-refractivity contribution in [3.05, 3.63) is 29.3 Å². The summed E-state index contributed by atoms with van der Waals surface area (Å²) in [6, 6.07) is 7.87. The molecule has 3 nitrogen and oxygen atoms in total. The van der Waals surface area contributed by atoms with E-state index in [0.717, 1.165) is 24.2 Å². The number of nitriles is 1. The van der Waals surface area contributed by atoms with Crippen molar-refractivity contribution in [2.75, 3.05) is 18.1 Å². The van der Waals surface area contributed by atoms with Crippen LogP contribution in [-0.4, -0.2) is 22.3 Å². The predicted molar refractivity (Wildman–Crippen MR) is 72.5 cm³/mol. The van der Waals surface area contributed by atoms with Crippen LogP contribution in [0.3, 0.4) is 0 Å². The predicted octanol–water partition coefficient (Wildman–Crippen LogP) is 2.44. The minimum atomic E-state index is -0.785. The Balaban J connectivity index is 2.60. The number of nitrogens with one attached hydrogen (secondary N) is 1. The maximum atomic E-state index is 11.2. The molecule has 0 saturated heterocycles. The highest BCUT2D eigenvalue weighted by atomic mass is 32.2. The van der Waals surface area contributed by atoms with Crippen LogP contribution in [0.15, 0.2) is 18.2 Å². The van der Waals surface area contributed by atoms with Crippen LogP contribution in [0, 0.1) is 18.3 Å². The molecule has 0 aromatic heterocycles. The standard InChI is InChI=1S/C13H18N2OS/c1-10-4-5-12(9-14)13(8-10)15-7-6-11(2)17(3)16/h4-5,8,11,15H,6-7H2,1-3H3. The van der Waals surface area contributed by atoms with Gasteiger partial charge in [0, 0.05) is 28.9 Å². The number of hydrogen-bond acceptors (Lipinski definition) is 3. The monoisotopic (exact) mass is 250 g/mol. The molecule has 92 valence electrons. The smallest absolute Gasteiger partial charge is 0.101 e. The molecule has 0 spiro atoms.